The first-order valence-electron chi connectivity index (χ1n) is 47.5. The van der Waals surface area contributed by atoms with Gasteiger partial charge in [0.15, 0.2) is 17.5 Å². The first-order chi connectivity index (χ1) is 69.5. The van der Waals surface area contributed by atoms with Crippen LogP contribution in [0.3, 0.4) is 0 Å². The number of aromatic nitrogens is 12. The lowest BCUT2D eigenvalue weighted by molar-refractivity contribution is 1.07. The van der Waals surface area contributed by atoms with E-state index in [1.54, 1.807) is 0 Å². The number of rotatable bonds is 17. The van der Waals surface area contributed by atoms with Crippen LogP contribution in [0.25, 0.3) is 229 Å². The summed E-state index contributed by atoms with van der Waals surface area (Å²) in [6.07, 6.45) is 8.08. The van der Waals surface area contributed by atoms with E-state index in [0.717, 1.165) is 163 Å². The van der Waals surface area contributed by atoms with Crippen molar-refractivity contribution in [3.63, 3.8) is 0 Å². The van der Waals surface area contributed by atoms with E-state index < -0.39 is 0 Å². The minimum atomic E-state index is 0.594. The minimum absolute atomic E-state index is 0.594. The largest absolute Gasteiger partial charge is 0.299 e. The molecule has 25 rings (SSSR count). The number of pyridine rings is 6. The molecule has 0 spiro atoms. The molecule has 0 atom stereocenters. The van der Waals surface area contributed by atoms with Gasteiger partial charge in [0, 0.05) is 109 Å². The predicted octanol–water partition coefficient (Wildman–Crippen LogP) is 32.3. The van der Waals surface area contributed by atoms with Gasteiger partial charge in [-0.05, 0) is 255 Å². The first kappa shape index (κ1) is 86.5. The highest BCUT2D eigenvalue weighted by Gasteiger charge is 2.24. The number of aryl methyl sites for hydroxylation is 4. The summed E-state index contributed by atoms with van der Waals surface area (Å²) >= 11 is 0. The van der Waals surface area contributed by atoms with Crippen LogP contribution >= 0.6 is 0 Å². The minimum Gasteiger partial charge on any atom is -0.299 e. The summed E-state index contributed by atoms with van der Waals surface area (Å²) in [4.78, 5) is 44.2. The molecule has 0 saturated heterocycles. The Morgan fingerprint density at radius 2 is 0.475 bits per heavy atom. The van der Waals surface area contributed by atoms with Crippen LogP contribution in [0.15, 0.2) is 486 Å². The van der Waals surface area contributed by atoms with Gasteiger partial charge in [0.2, 0.25) is 0 Å². The predicted molar refractivity (Wildman–Crippen MR) is 579 cm³/mol. The second-order valence-corrected chi connectivity index (χ2v) is 35.5. The molecule has 0 radical (unpaired) electrons. The monoisotopic (exact) mass is 1810 g/mol. The third-order valence-electron chi connectivity index (χ3n) is 26.0. The summed E-state index contributed by atoms with van der Waals surface area (Å²) in [5.41, 5.74) is 40.5. The fourth-order valence-corrected chi connectivity index (χ4v) is 19.2. The fraction of sp³-hybridized carbons (Fsp3) is 0.0310. The van der Waals surface area contributed by atoms with E-state index in [9.17, 15) is 0 Å². The van der Waals surface area contributed by atoms with Crippen LogP contribution < -0.4 is 0 Å². The van der Waals surface area contributed by atoms with E-state index in [-0.39, 0.29) is 0 Å². The zero-order valence-electron chi connectivity index (χ0n) is 78.1. The standard InChI is InChI=1S/C45H30N6.2C42H31N3/c1-4-14-32(15-5-1)41-42(51-27-13-11-21-40(51)47-41)33-24-22-31(23-25-33)36-28-37(39-20-10-12-26-46-39)30-38(29-36)45-49-43(34-16-6-2-7-17-34)48-44(50-45)35-18-8-3-9-19-35;1-28-15-22-39(29(2)43-28)38-26-36(25-37(27-38)35-21-18-30-10-6-7-13-34(30)24-35)31-16-19-33(20-17-31)42-41(32-11-4-3-5-12-32)44-40-14-8-9-23-45(40)42;1-28-22-36(23-29(2)43-28)39-26-37(25-38(27-39)35-20-17-30-10-6-7-13-34(30)24-35)31-15-18-33(19-16-31)42-41(32-11-4-3-5-12-32)44-40-14-8-9-21-45(40)42/h1-30H;2*3-27H,1-2H3. The zero-order valence-corrected chi connectivity index (χ0v) is 78.1. The number of benzene rings is 15. The van der Waals surface area contributed by atoms with Crippen molar-refractivity contribution in [1.29, 1.82) is 0 Å². The molecule has 10 aromatic heterocycles. The van der Waals surface area contributed by atoms with Crippen molar-refractivity contribution in [2.24, 2.45) is 0 Å². The summed E-state index contributed by atoms with van der Waals surface area (Å²) in [6, 6.07) is 162. The van der Waals surface area contributed by atoms with Crippen LogP contribution in [0.1, 0.15) is 22.8 Å². The van der Waals surface area contributed by atoms with E-state index in [0.29, 0.717) is 17.5 Å². The zero-order chi connectivity index (χ0) is 94.6. The summed E-state index contributed by atoms with van der Waals surface area (Å²) in [5, 5.41) is 4.97. The van der Waals surface area contributed by atoms with E-state index >= 15 is 0 Å². The Labute approximate surface area is 818 Å². The number of nitrogens with zero attached hydrogens (tertiary/aromatic N) is 12. The highest BCUT2D eigenvalue weighted by molar-refractivity contribution is 5.94. The number of fused-ring (bicyclic) bond motifs is 5. The summed E-state index contributed by atoms with van der Waals surface area (Å²) < 4.78 is 6.53. The van der Waals surface area contributed by atoms with Gasteiger partial charge in [-0.2, -0.15) is 0 Å². The van der Waals surface area contributed by atoms with Crippen molar-refractivity contribution in [2.45, 2.75) is 27.7 Å². The maximum absolute atomic E-state index is 5.03. The van der Waals surface area contributed by atoms with E-state index in [4.69, 9.17) is 39.9 Å². The van der Waals surface area contributed by atoms with Gasteiger partial charge in [-0.25, -0.2) is 29.9 Å². The molecular weight excluding hydrogens is 1720 g/mol. The summed E-state index contributed by atoms with van der Waals surface area (Å²) in [7, 11) is 0. The molecule has 0 aliphatic carbocycles. The number of hydrogen-bond acceptors (Lipinski definition) is 9. The average Bonchev–Trinajstić information content (AvgIpc) is 1.61. The quantitative estimate of drug-likeness (QED) is 0.0875. The van der Waals surface area contributed by atoms with Crippen LogP contribution in [0.5, 0.6) is 0 Å². The molecule has 25 aromatic rings. The van der Waals surface area contributed by atoms with Gasteiger partial charge < -0.3 is 0 Å². The van der Waals surface area contributed by atoms with Crippen molar-refractivity contribution < 1.29 is 0 Å². The molecule has 0 aliphatic heterocycles. The highest BCUT2D eigenvalue weighted by atomic mass is 15.0. The number of hydrogen-bond donors (Lipinski definition) is 0. The lowest BCUT2D eigenvalue weighted by Crippen LogP contribution is -2.00. The molecule has 0 saturated carbocycles. The van der Waals surface area contributed by atoms with Crippen molar-refractivity contribution in [2.75, 3.05) is 0 Å². The van der Waals surface area contributed by atoms with Crippen LogP contribution in [0, 0.1) is 27.7 Å². The molecule has 668 valence electrons. The van der Waals surface area contributed by atoms with E-state index in [2.05, 4.69) is 391 Å². The Bertz CT molecular complexity index is 8830. The Balaban J connectivity index is 0.000000118. The maximum atomic E-state index is 5.03. The molecule has 12 nitrogen and oxygen atoms in total. The van der Waals surface area contributed by atoms with Gasteiger partial charge in [-0.15, -0.1) is 0 Å². The highest BCUT2D eigenvalue weighted by Crippen LogP contribution is 2.44. The third-order valence-corrected chi connectivity index (χ3v) is 26.0. The van der Waals surface area contributed by atoms with E-state index in [1.165, 1.54) is 71.6 Å². The van der Waals surface area contributed by atoms with Crippen molar-refractivity contribution >= 4 is 38.5 Å². The van der Waals surface area contributed by atoms with Crippen LogP contribution in [0.2, 0.25) is 0 Å². The van der Waals surface area contributed by atoms with Gasteiger partial charge >= 0.3 is 0 Å². The topological polar surface area (TPSA) is 129 Å². The Morgan fingerprint density at radius 3 is 0.865 bits per heavy atom. The molecule has 0 amide bonds. The smallest absolute Gasteiger partial charge is 0.164 e. The SMILES string of the molecule is Cc1cc(-c2cc(-c3ccc(-c4c(-c5ccccc5)nc5ccccn45)cc3)cc(-c3ccc4ccccc4c3)c2)cc(C)n1.Cc1ccc(-c2cc(-c3ccc(-c4c(-c5ccccc5)nc5ccccn45)cc3)cc(-c3ccc4ccccc4c3)c2)c(C)n1.c1ccc(-c2nc(-c3ccccc3)nc(-c3cc(-c4ccc(-c5c(-c6ccccc6)nc6ccccn56)cc4)cc(-c4ccccn4)c3)n2)cc1. The second kappa shape index (κ2) is 38.3. The van der Waals surface area contributed by atoms with E-state index in [1.807, 2.05) is 141 Å². The van der Waals surface area contributed by atoms with Crippen LogP contribution in [-0.2, 0) is 0 Å². The van der Waals surface area contributed by atoms with Crippen LogP contribution in [0.4, 0.5) is 0 Å². The molecule has 0 aliphatic rings. The fourth-order valence-electron chi connectivity index (χ4n) is 19.2. The Hall–Kier alpha value is -18.7. The van der Waals surface area contributed by atoms with Gasteiger partial charge in [0.1, 0.15) is 16.9 Å². The number of imidazole rings is 3. The molecular formula is C129H92N12. The van der Waals surface area contributed by atoms with Crippen LogP contribution in [-0.4, -0.2) is 58.1 Å². The first-order valence-corrected chi connectivity index (χ1v) is 47.5. The normalized spacial score (nSPS) is 11.3. The van der Waals surface area contributed by atoms with Crippen molar-refractivity contribution in [3.05, 3.63) is 509 Å². The lowest BCUT2D eigenvalue weighted by atomic mass is 9.91. The van der Waals surface area contributed by atoms with Crippen molar-refractivity contribution in [1.82, 2.24) is 58.1 Å². The molecule has 10 heterocycles. The molecule has 0 bridgehead atoms. The molecule has 0 unspecified atom stereocenters. The molecule has 15 aromatic carbocycles. The second-order valence-electron chi connectivity index (χ2n) is 35.5. The van der Waals surface area contributed by atoms with Gasteiger partial charge in [-0.1, -0.05) is 328 Å². The van der Waals surface area contributed by atoms with Gasteiger partial charge in [-0.3, -0.25) is 28.2 Å². The molecule has 0 fully saturated rings. The van der Waals surface area contributed by atoms with Gasteiger partial charge in [0.05, 0.1) is 39.9 Å². The average molecular weight is 1810 g/mol. The Morgan fingerprint density at radius 1 is 0.170 bits per heavy atom. The third kappa shape index (κ3) is 18.1. The Kier molecular flexibility index (Phi) is 23.5. The molecule has 12 heteroatoms. The summed E-state index contributed by atoms with van der Waals surface area (Å²) in [6.45, 7) is 8.27. The lowest BCUT2D eigenvalue weighted by Gasteiger charge is -2.14. The summed E-state index contributed by atoms with van der Waals surface area (Å²) in [5.74, 6) is 1.84. The van der Waals surface area contributed by atoms with Gasteiger partial charge in [0.25, 0.3) is 0 Å². The molecule has 0 N–H and O–H groups in total. The van der Waals surface area contributed by atoms with Crippen molar-refractivity contribution in [3.8, 4) is 191 Å². The maximum Gasteiger partial charge on any atom is 0.164 e. The molecule has 141 heavy (non-hydrogen) atoms.